The fourth-order valence-electron chi connectivity index (χ4n) is 7.75. The highest BCUT2D eigenvalue weighted by Gasteiger charge is 2.59. The summed E-state index contributed by atoms with van der Waals surface area (Å²) in [5, 5.41) is 0. The lowest BCUT2D eigenvalue weighted by molar-refractivity contribution is -0.128. The molecular weight excluding hydrogens is 340 g/mol. The second kappa shape index (κ2) is 6.71. The minimum atomic E-state index is 0.221. The first-order chi connectivity index (χ1) is 13.5. The highest BCUT2D eigenvalue weighted by atomic mass is 16.1. The number of ketones is 1. The molecule has 2 fully saturated rings. The number of carbonyl (C=O) groups is 1. The Hall–Kier alpha value is -1.63. The molecule has 1 heteroatoms. The number of Topliss-reactive ketones (excluding diaryl/α,β-unsaturated/α-hetero) is 1. The van der Waals surface area contributed by atoms with Crippen LogP contribution in [0.15, 0.2) is 54.1 Å². The maximum atomic E-state index is 13.3. The standard InChI is InChI=1S/C27H34O/c1-26-16-7-6-10-20(26)11-12-21-22-13-14-24(27(22,2)17-15-23(21)26)25(28)18-19-8-4-3-5-9-19/h3-6,8-11,21-24H,7,12-18H2,1-2H3/t21-,22-,23-,24+,26-,27-/m0/s1. The van der Waals surface area contributed by atoms with Crippen LogP contribution in [0.4, 0.5) is 0 Å². The fourth-order valence-corrected chi connectivity index (χ4v) is 7.75. The third-order valence-electron chi connectivity index (χ3n) is 9.26. The average molecular weight is 375 g/mol. The molecule has 0 unspecified atom stereocenters. The number of fused-ring (bicyclic) bond motifs is 5. The van der Waals surface area contributed by atoms with Crippen molar-refractivity contribution in [3.8, 4) is 0 Å². The Morgan fingerprint density at radius 2 is 1.86 bits per heavy atom. The van der Waals surface area contributed by atoms with Crippen LogP contribution in [0.2, 0.25) is 0 Å². The van der Waals surface area contributed by atoms with E-state index in [9.17, 15) is 4.79 Å². The summed E-state index contributed by atoms with van der Waals surface area (Å²) in [4.78, 5) is 13.3. The third-order valence-corrected chi connectivity index (χ3v) is 9.26. The van der Waals surface area contributed by atoms with E-state index in [0.29, 0.717) is 17.6 Å². The van der Waals surface area contributed by atoms with E-state index >= 15 is 0 Å². The van der Waals surface area contributed by atoms with Crippen molar-refractivity contribution in [1.82, 2.24) is 0 Å². The van der Waals surface area contributed by atoms with Crippen molar-refractivity contribution in [3.05, 3.63) is 59.7 Å². The summed E-state index contributed by atoms with van der Waals surface area (Å²) in [7, 11) is 0. The van der Waals surface area contributed by atoms with E-state index < -0.39 is 0 Å². The van der Waals surface area contributed by atoms with Crippen LogP contribution in [0.3, 0.4) is 0 Å². The van der Waals surface area contributed by atoms with E-state index in [1.54, 1.807) is 5.57 Å². The predicted molar refractivity (Wildman–Crippen MR) is 115 cm³/mol. The molecule has 0 aromatic heterocycles. The van der Waals surface area contributed by atoms with Gasteiger partial charge in [-0.1, -0.05) is 62.4 Å². The molecule has 0 N–H and O–H groups in total. The largest absolute Gasteiger partial charge is 0.299 e. The van der Waals surface area contributed by atoms with Gasteiger partial charge in [0.25, 0.3) is 0 Å². The monoisotopic (exact) mass is 374 g/mol. The fraction of sp³-hybridized carbons (Fsp3) is 0.593. The number of hydrogen-bond donors (Lipinski definition) is 0. The summed E-state index contributed by atoms with van der Waals surface area (Å²) in [6.07, 6.45) is 16.7. The van der Waals surface area contributed by atoms with E-state index in [1.165, 1.54) is 44.1 Å². The Labute approximate surface area is 170 Å². The molecule has 0 spiro atoms. The summed E-state index contributed by atoms with van der Waals surface area (Å²) in [6.45, 7) is 5.01. The molecule has 4 aliphatic carbocycles. The molecule has 1 nitrogen and oxygen atoms in total. The van der Waals surface area contributed by atoms with Crippen molar-refractivity contribution in [1.29, 1.82) is 0 Å². The Kier molecular flexibility index (Phi) is 4.41. The molecule has 28 heavy (non-hydrogen) atoms. The van der Waals surface area contributed by atoms with Gasteiger partial charge in [-0.2, -0.15) is 0 Å². The molecule has 0 radical (unpaired) electrons. The molecule has 0 bridgehead atoms. The van der Waals surface area contributed by atoms with E-state index in [2.05, 4.69) is 56.3 Å². The lowest BCUT2D eigenvalue weighted by atomic mass is 9.48. The second-order valence-corrected chi connectivity index (χ2v) is 10.4. The van der Waals surface area contributed by atoms with E-state index in [4.69, 9.17) is 0 Å². The molecule has 0 aliphatic heterocycles. The molecule has 0 saturated heterocycles. The van der Waals surface area contributed by atoms with Crippen molar-refractivity contribution < 1.29 is 4.79 Å². The quantitative estimate of drug-likeness (QED) is 0.587. The van der Waals surface area contributed by atoms with Gasteiger partial charge in [0.2, 0.25) is 0 Å². The number of carbonyl (C=O) groups excluding carboxylic acids is 1. The van der Waals surface area contributed by atoms with Crippen LogP contribution in [0, 0.1) is 34.5 Å². The maximum Gasteiger partial charge on any atom is 0.140 e. The molecule has 5 rings (SSSR count). The predicted octanol–water partition coefficient (Wildman–Crippen LogP) is 6.54. The second-order valence-electron chi connectivity index (χ2n) is 10.4. The van der Waals surface area contributed by atoms with Crippen LogP contribution < -0.4 is 0 Å². The molecule has 2 saturated carbocycles. The van der Waals surface area contributed by atoms with Gasteiger partial charge in [0.05, 0.1) is 0 Å². The number of hydrogen-bond acceptors (Lipinski definition) is 1. The van der Waals surface area contributed by atoms with Gasteiger partial charge in [-0.25, -0.2) is 0 Å². The maximum absolute atomic E-state index is 13.3. The molecular formula is C27H34O. The molecule has 1 aromatic carbocycles. The van der Waals surface area contributed by atoms with E-state index in [1.807, 2.05) is 6.07 Å². The smallest absolute Gasteiger partial charge is 0.140 e. The molecule has 1 aromatic rings. The van der Waals surface area contributed by atoms with Crippen LogP contribution in [-0.4, -0.2) is 5.78 Å². The van der Waals surface area contributed by atoms with Gasteiger partial charge < -0.3 is 0 Å². The highest BCUT2D eigenvalue weighted by Crippen LogP contribution is 2.65. The van der Waals surface area contributed by atoms with Gasteiger partial charge in [0, 0.05) is 12.3 Å². The zero-order valence-corrected chi connectivity index (χ0v) is 17.5. The first kappa shape index (κ1) is 18.4. The van der Waals surface area contributed by atoms with Gasteiger partial charge in [-0.15, -0.1) is 0 Å². The van der Waals surface area contributed by atoms with Gasteiger partial charge in [-0.05, 0) is 84.7 Å². The number of rotatable bonds is 3. The zero-order chi connectivity index (χ0) is 19.4. The van der Waals surface area contributed by atoms with Gasteiger partial charge in [-0.3, -0.25) is 4.79 Å². The van der Waals surface area contributed by atoms with Gasteiger partial charge >= 0.3 is 0 Å². The van der Waals surface area contributed by atoms with Gasteiger partial charge in [0.15, 0.2) is 0 Å². The van der Waals surface area contributed by atoms with Crippen LogP contribution in [0.1, 0.15) is 64.4 Å². The van der Waals surface area contributed by atoms with Crippen LogP contribution >= 0.6 is 0 Å². The van der Waals surface area contributed by atoms with Crippen LogP contribution in [-0.2, 0) is 11.2 Å². The van der Waals surface area contributed by atoms with Crippen LogP contribution in [0.25, 0.3) is 0 Å². The number of benzene rings is 1. The molecule has 148 valence electrons. The zero-order valence-electron chi connectivity index (χ0n) is 17.5. The Balaban J connectivity index is 1.39. The Morgan fingerprint density at radius 1 is 1.04 bits per heavy atom. The SMILES string of the molecule is C[C@]12CC[C@H]3[C@@H](CC=C4C=CCC[C@@]43C)[C@@H]1CC[C@@H]2C(=O)Cc1ccccc1. The summed E-state index contributed by atoms with van der Waals surface area (Å²) in [6, 6.07) is 10.4. The van der Waals surface area contributed by atoms with Crippen molar-refractivity contribution in [3.63, 3.8) is 0 Å². The van der Waals surface area contributed by atoms with Crippen molar-refractivity contribution in [2.24, 2.45) is 34.5 Å². The molecule has 0 amide bonds. The molecule has 0 heterocycles. The molecule has 4 aliphatic rings. The van der Waals surface area contributed by atoms with Gasteiger partial charge in [0.1, 0.15) is 5.78 Å². The lowest BCUT2D eigenvalue weighted by Gasteiger charge is -2.56. The van der Waals surface area contributed by atoms with E-state index in [0.717, 1.165) is 24.2 Å². The summed E-state index contributed by atoms with van der Waals surface area (Å²) in [5.41, 5.74) is 3.39. The van der Waals surface area contributed by atoms with E-state index in [-0.39, 0.29) is 11.3 Å². The van der Waals surface area contributed by atoms with Crippen LogP contribution in [0.5, 0.6) is 0 Å². The van der Waals surface area contributed by atoms with Crippen molar-refractivity contribution in [2.45, 2.75) is 65.2 Å². The Bertz CT molecular complexity index is 818. The number of allylic oxidation sites excluding steroid dienone is 4. The summed E-state index contributed by atoms with van der Waals surface area (Å²) in [5.74, 6) is 3.10. The highest BCUT2D eigenvalue weighted by molar-refractivity contribution is 5.84. The van der Waals surface area contributed by atoms with Crippen molar-refractivity contribution >= 4 is 5.78 Å². The first-order valence-corrected chi connectivity index (χ1v) is 11.5. The van der Waals surface area contributed by atoms with Crippen molar-refractivity contribution in [2.75, 3.05) is 0 Å². The lowest BCUT2D eigenvalue weighted by Crippen LogP contribution is -2.49. The third kappa shape index (κ3) is 2.69. The summed E-state index contributed by atoms with van der Waals surface area (Å²) < 4.78 is 0. The minimum Gasteiger partial charge on any atom is -0.299 e. The average Bonchev–Trinajstić information content (AvgIpc) is 3.05. The first-order valence-electron chi connectivity index (χ1n) is 11.5. The summed E-state index contributed by atoms with van der Waals surface area (Å²) >= 11 is 0. The Morgan fingerprint density at radius 3 is 2.68 bits per heavy atom. The molecule has 6 atom stereocenters. The minimum absolute atomic E-state index is 0.221. The topological polar surface area (TPSA) is 17.1 Å². The normalized spacial score (nSPS) is 41.6.